The van der Waals surface area contributed by atoms with E-state index in [1.165, 1.54) is 12.1 Å². The maximum absolute atomic E-state index is 13.2. The lowest BCUT2D eigenvalue weighted by atomic mass is 10.0. The summed E-state index contributed by atoms with van der Waals surface area (Å²) < 4.78 is 25.5. The Labute approximate surface area is 199 Å². The fourth-order valence-electron chi connectivity index (χ4n) is 3.16. The van der Waals surface area contributed by atoms with Crippen LogP contribution in [0.2, 0.25) is 0 Å². The number of carbonyl (C=O) groups is 1. The van der Waals surface area contributed by atoms with Gasteiger partial charge in [0.25, 0.3) is 5.91 Å². The minimum atomic E-state index is -0.386. The highest BCUT2D eigenvalue weighted by Crippen LogP contribution is 2.27. The van der Waals surface area contributed by atoms with Crippen molar-refractivity contribution >= 4 is 38.8 Å². The second-order valence-electron chi connectivity index (χ2n) is 7.15. The van der Waals surface area contributed by atoms with E-state index in [-0.39, 0.29) is 24.9 Å². The summed E-state index contributed by atoms with van der Waals surface area (Å²) in [7, 11) is 0. The van der Waals surface area contributed by atoms with Crippen LogP contribution in [0, 0.1) is 5.82 Å². The van der Waals surface area contributed by atoms with Crippen molar-refractivity contribution in [2.45, 2.75) is 6.61 Å². The maximum atomic E-state index is 13.2. The average molecular weight is 507 g/mol. The number of hydrazone groups is 1. The third-order valence-corrected chi connectivity index (χ3v) is 5.33. The van der Waals surface area contributed by atoms with Crippen LogP contribution in [0.5, 0.6) is 11.5 Å². The summed E-state index contributed by atoms with van der Waals surface area (Å²) in [4.78, 5) is 12.1. The number of nitrogens with zero attached hydrogens (tertiary/aromatic N) is 1. The molecule has 0 heterocycles. The van der Waals surface area contributed by atoms with Gasteiger partial charge in [-0.25, -0.2) is 9.82 Å². The van der Waals surface area contributed by atoms with Gasteiger partial charge in [-0.15, -0.1) is 0 Å². The van der Waals surface area contributed by atoms with Gasteiger partial charge >= 0.3 is 0 Å². The zero-order valence-electron chi connectivity index (χ0n) is 17.5. The van der Waals surface area contributed by atoms with Crippen molar-refractivity contribution in [2.24, 2.45) is 5.10 Å². The summed E-state index contributed by atoms with van der Waals surface area (Å²) in [6.07, 6.45) is 1.56. The minimum absolute atomic E-state index is 0.164. The number of hydrogen-bond donors (Lipinski definition) is 1. The molecule has 166 valence electrons. The number of benzene rings is 4. The predicted molar refractivity (Wildman–Crippen MR) is 130 cm³/mol. The SMILES string of the molecule is O=C(COc1ccc(Br)cc1)N/N=C\c1c(OCc2ccc(F)cc2)ccc2ccccc12. The van der Waals surface area contributed by atoms with E-state index >= 15 is 0 Å². The van der Waals surface area contributed by atoms with Crippen molar-refractivity contribution < 1.29 is 18.7 Å². The largest absolute Gasteiger partial charge is 0.488 e. The molecule has 0 aromatic heterocycles. The van der Waals surface area contributed by atoms with E-state index in [0.29, 0.717) is 11.5 Å². The first-order chi connectivity index (χ1) is 16.1. The molecule has 0 saturated carbocycles. The molecule has 1 N–H and O–H groups in total. The van der Waals surface area contributed by atoms with E-state index in [0.717, 1.165) is 26.4 Å². The Balaban J connectivity index is 1.45. The molecule has 4 aromatic rings. The lowest BCUT2D eigenvalue weighted by Crippen LogP contribution is -2.24. The zero-order valence-corrected chi connectivity index (χ0v) is 19.1. The molecule has 33 heavy (non-hydrogen) atoms. The van der Waals surface area contributed by atoms with Crippen molar-refractivity contribution in [3.63, 3.8) is 0 Å². The Morgan fingerprint density at radius 2 is 1.70 bits per heavy atom. The van der Waals surface area contributed by atoms with Crippen molar-refractivity contribution in [3.05, 3.63) is 106 Å². The number of nitrogens with one attached hydrogen (secondary N) is 1. The summed E-state index contributed by atoms with van der Waals surface area (Å²) in [6, 6.07) is 25.0. The molecule has 0 aliphatic rings. The highest BCUT2D eigenvalue weighted by Gasteiger charge is 2.09. The molecule has 0 aliphatic heterocycles. The van der Waals surface area contributed by atoms with Crippen molar-refractivity contribution in [2.75, 3.05) is 6.61 Å². The van der Waals surface area contributed by atoms with Gasteiger partial charge in [-0.2, -0.15) is 5.10 Å². The molecule has 0 aliphatic carbocycles. The molecule has 1 amide bonds. The van der Waals surface area contributed by atoms with Gasteiger partial charge in [0, 0.05) is 10.0 Å². The maximum Gasteiger partial charge on any atom is 0.277 e. The number of amides is 1. The van der Waals surface area contributed by atoms with Crippen LogP contribution in [0.1, 0.15) is 11.1 Å². The van der Waals surface area contributed by atoms with Crippen LogP contribution in [-0.4, -0.2) is 18.7 Å². The summed E-state index contributed by atoms with van der Waals surface area (Å²) in [5.41, 5.74) is 4.05. The average Bonchev–Trinajstić information content (AvgIpc) is 2.84. The van der Waals surface area contributed by atoms with Gasteiger partial charge in [-0.1, -0.05) is 58.4 Å². The quantitative estimate of drug-likeness (QED) is 0.241. The molecule has 0 spiro atoms. The number of hydrogen-bond acceptors (Lipinski definition) is 4. The Bertz CT molecular complexity index is 1280. The number of halogens is 2. The fraction of sp³-hybridized carbons (Fsp3) is 0.0769. The monoisotopic (exact) mass is 506 g/mol. The summed E-state index contributed by atoms with van der Waals surface area (Å²) >= 11 is 3.35. The van der Waals surface area contributed by atoms with E-state index in [4.69, 9.17) is 9.47 Å². The van der Waals surface area contributed by atoms with Gasteiger partial charge in [0.1, 0.15) is 23.9 Å². The lowest BCUT2D eigenvalue weighted by Gasteiger charge is -2.12. The van der Waals surface area contributed by atoms with Crippen molar-refractivity contribution in [1.82, 2.24) is 5.43 Å². The van der Waals surface area contributed by atoms with Gasteiger partial charge in [0.05, 0.1) is 6.21 Å². The van der Waals surface area contributed by atoms with E-state index in [1.54, 1.807) is 30.5 Å². The summed E-state index contributed by atoms with van der Waals surface area (Å²) in [5.74, 6) is 0.505. The first-order valence-corrected chi connectivity index (χ1v) is 11.0. The molecule has 0 atom stereocenters. The number of ether oxygens (including phenoxy) is 2. The molecule has 7 heteroatoms. The third-order valence-electron chi connectivity index (χ3n) is 4.80. The number of fused-ring (bicyclic) bond motifs is 1. The van der Waals surface area contributed by atoms with Gasteiger partial charge in [-0.05, 0) is 58.8 Å². The van der Waals surface area contributed by atoms with Crippen LogP contribution < -0.4 is 14.9 Å². The lowest BCUT2D eigenvalue weighted by molar-refractivity contribution is -0.123. The van der Waals surface area contributed by atoms with E-state index in [2.05, 4.69) is 26.5 Å². The van der Waals surface area contributed by atoms with E-state index in [1.807, 2.05) is 48.5 Å². The minimum Gasteiger partial charge on any atom is -0.488 e. The molecule has 4 rings (SSSR count). The topological polar surface area (TPSA) is 59.9 Å². The first kappa shape index (κ1) is 22.5. The van der Waals surface area contributed by atoms with Crippen LogP contribution in [0.25, 0.3) is 10.8 Å². The van der Waals surface area contributed by atoms with Gasteiger partial charge < -0.3 is 9.47 Å². The van der Waals surface area contributed by atoms with Crippen molar-refractivity contribution in [1.29, 1.82) is 0 Å². The molecule has 0 unspecified atom stereocenters. The molecule has 5 nitrogen and oxygen atoms in total. The van der Waals surface area contributed by atoms with Gasteiger partial charge in [0.2, 0.25) is 0 Å². The smallest absolute Gasteiger partial charge is 0.277 e. The molecular formula is C26H20BrFN2O3. The molecule has 0 bridgehead atoms. The normalized spacial score (nSPS) is 11.0. The van der Waals surface area contributed by atoms with Crippen LogP contribution in [0.4, 0.5) is 4.39 Å². The van der Waals surface area contributed by atoms with Crippen LogP contribution in [0.15, 0.2) is 94.5 Å². The van der Waals surface area contributed by atoms with Crippen molar-refractivity contribution in [3.8, 4) is 11.5 Å². The Morgan fingerprint density at radius 1 is 0.939 bits per heavy atom. The molecule has 0 fully saturated rings. The number of carbonyl (C=O) groups excluding carboxylic acids is 1. The van der Waals surface area contributed by atoms with Gasteiger partial charge in [0.15, 0.2) is 6.61 Å². The highest BCUT2D eigenvalue weighted by atomic mass is 79.9. The van der Waals surface area contributed by atoms with Gasteiger partial charge in [-0.3, -0.25) is 4.79 Å². The summed E-state index contributed by atoms with van der Waals surface area (Å²) in [5, 5.41) is 6.04. The van der Waals surface area contributed by atoms with Crippen LogP contribution in [-0.2, 0) is 11.4 Å². The van der Waals surface area contributed by atoms with Crippen LogP contribution in [0.3, 0.4) is 0 Å². The third kappa shape index (κ3) is 6.17. The van der Waals surface area contributed by atoms with Crippen LogP contribution >= 0.6 is 15.9 Å². The fourth-order valence-corrected chi connectivity index (χ4v) is 3.42. The predicted octanol–water partition coefficient (Wildman–Crippen LogP) is 5.85. The summed E-state index contributed by atoms with van der Waals surface area (Å²) in [6.45, 7) is 0.106. The first-order valence-electron chi connectivity index (χ1n) is 10.2. The zero-order chi connectivity index (χ0) is 23.0. The standard InChI is InChI=1S/C26H20BrFN2O3/c27-20-8-12-22(13-9-20)32-17-26(31)30-29-15-24-23-4-2-1-3-19(23)7-14-25(24)33-16-18-5-10-21(28)11-6-18/h1-15H,16-17H2,(H,30,31)/b29-15-. The second kappa shape index (κ2) is 10.7. The number of rotatable bonds is 8. The molecule has 4 aromatic carbocycles. The molecule has 0 radical (unpaired) electrons. The second-order valence-corrected chi connectivity index (χ2v) is 8.07. The molecule has 0 saturated heterocycles. The highest BCUT2D eigenvalue weighted by molar-refractivity contribution is 9.10. The van der Waals surface area contributed by atoms with E-state index in [9.17, 15) is 9.18 Å². The Kier molecular flexibility index (Phi) is 7.32. The Morgan fingerprint density at radius 3 is 2.48 bits per heavy atom. The molecular weight excluding hydrogens is 487 g/mol. The Hall–Kier alpha value is -3.71. The van der Waals surface area contributed by atoms with E-state index < -0.39 is 0 Å².